The highest BCUT2D eigenvalue weighted by Gasteiger charge is 2.12. The van der Waals surface area contributed by atoms with Gasteiger partial charge in [-0.25, -0.2) is 5.84 Å². The van der Waals surface area contributed by atoms with Crippen molar-refractivity contribution in [3.05, 3.63) is 27.7 Å². The third kappa shape index (κ3) is 2.75. The molecule has 0 saturated heterocycles. The van der Waals surface area contributed by atoms with Crippen LogP contribution in [0, 0.1) is 0 Å². The first-order valence-electron chi connectivity index (χ1n) is 4.10. The van der Waals surface area contributed by atoms with Crippen molar-refractivity contribution in [2.24, 2.45) is 5.84 Å². The number of rotatable bonds is 3. The maximum Gasteiger partial charge on any atom is 0.238 e. The fraction of sp³-hybridized carbons (Fsp3) is 0.222. The Morgan fingerprint density at radius 3 is 2.67 bits per heavy atom. The molecule has 0 bridgehead atoms. The van der Waals surface area contributed by atoms with Crippen molar-refractivity contribution in [3.8, 4) is 5.75 Å². The van der Waals surface area contributed by atoms with Gasteiger partial charge in [0.2, 0.25) is 5.91 Å². The van der Waals surface area contributed by atoms with Crippen molar-refractivity contribution in [3.63, 3.8) is 0 Å². The second kappa shape index (κ2) is 5.21. The highest BCUT2D eigenvalue weighted by Crippen LogP contribution is 2.34. The van der Waals surface area contributed by atoms with E-state index in [9.17, 15) is 4.79 Å². The van der Waals surface area contributed by atoms with E-state index in [2.05, 4.69) is 0 Å². The van der Waals surface area contributed by atoms with Gasteiger partial charge in [-0.05, 0) is 11.6 Å². The minimum atomic E-state index is -0.335. The van der Waals surface area contributed by atoms with Crippen LogP contribution in [0.25, 0.3) is 0 Å². The lowest BCUT2D eigenvalue weighted by Crippen LogP contribution is -2.31. The fourth-order valence-electron chi connectivity index (χ4n) is 1.09. The average molecular weight is 249 g/mol. The smallest absolute Gasteiger partial charge is 0.238 e. The van der Waals surface area contributed by atoms with Crippen LogP contribution in [0.15, 0.2) is 12.1 Å². The molecule has 0 atom stereocenters. The highest BCUT2D eigenvalue weighted by atomic mass is 35.5. The number of benzene rings is 1. The molecule has 1 amide bonds. The number of hydrazine groups is 1. The predicted molar refractivity (Wildman–Crippen MR) is 59.0 cm³/mol. The van der Waals surface area contributed by atoms with Crippen molar-refractivity contribution in [2.75, 3.05) is 7.11 Å². The zero-order chi connectivity index (χ0) is 11.4. The highest BCUT2D eigenvalue weighted by molar-refractivity contribution is 6.43. The molecule has 82 valence electrons. The van der Waals surface area contributed by atoms with Crippen LogP contribution in [-0.2, 0) is 11.2 Å². The van der Waals surface area contributed by atoms with E-state index in [1.165, 1.54) is 7.11 Å². The number of hydrogen-bond acceptors (Lipinski definition) is 3. The van der Waals surface area contributed by atoms with E-state index in [0.717, 1.165) is 0 Å². The van der Waals surface area contributed by atoms with Gasteiger partial charge in [0.25, 0.3) is 0 Å². The molecule has 3 N–H and O–H groups in total. The van der Waals surface area contributed by atoms with Gasteiger partial charge in [0.05, 0.1) is 18.6 Å². The van der Waals surface area contributed by atoms with Gasteiger partial charge in [-0.1, -0.05) is 29.3 Å². The zero-order valence-corrected chi connectivity index (χ0v) is 9.52. The lowest BCUT2D eigenvalue weighted by atomic mass is 10.1. The number of halogens is 2. The molecule has 0 spiro atoms. The van der Waals surface area contributed by atoms with Crippen molar-refractivity contribution in [2.45, 2.75) is 6.42 Å². The van der Waals surface area contributed by atoms with Crippen LogP contribution in [0.4, 0.5) is 0 Å². The van der Waals surface area contributed by atoms with E-state index >= 15 is 0 Å². The zero-order valence-electron chi connectivity index (χ0n) is 8.01. The Morgan fingerprint density at radius 1 is 1.47 bits per heavy atom. The maximum atomic E-state index is 11.0. The molecule has 0 aliphatic carbocycles. The van der Waals surface area contributed by atoms with Crippen LogP contribution in [-0.4, -0.2) is 13.0 Å². The average Bonchev–Trinajstić information content (AvgIpc) is 2.25. The first kappa shape index (κ1) is 12.1. The minimum absolute atomic E-state index is 0.0824. The van der Waals surface area contributed by atoms with E-state index in [-0.39, 0.29) is 12.3 Å². The second-order valence-electron chi connectivity index (χ2n) is 2.80. The van der Waals surface area contributed by atoms with E-state index in [1.54, 1.807) is 12.1 Å². The van der Waals surface area contributed by atoms with Crippen molar-refractivity contribution >= 4 is 29.1 Å². The molecule has 0 aliphatic rings. The fourth-order valence-corrected chi connectivity index (χ4v) is 1.57. The first-order valence-corrected chi connectivity index (χ1v) is 4.86. The van der Waals surface area contributed by atoms with Crippen molar-refractivity contribution in [1.29, 1.82) is 0 Å². The van der Waals surface area contributed by atoms with Gasteiger partial charge in [0.15, 0.2) is 0 Å². The van der Waals surface area contributed by atoms with Gasteiger partial charge in [0.1, 0.15) is 10.8 Å². The quantitative estimate of drug-likeness (QED) is 0.485. The Bertz CT molecular complexity index is 383. The summed E-state index contributed by atoms with van der Waals surface area (Å²) in [4.78, 5) is 11.0. The lowest BCUT2D eigenvalue weighted by Gasteiger charge is -2.08. The van der Waals surface area contributed by atoms with Gasteiger partial charge in [-0.2, -0.15) is 0 Å². The molecule has 0 radical (unpaired) electrons. The predicted octanol–water partition coefficient (Wildman–Crippen LogP) is 1.53. The van der Waals surface area contributed by atoms with E-state index < -0.39 is 0 Å². The summed E-state index contributed by atoms with van der Waals surface area (Å²) in [6, 6.07) is 3.32. The molecule has 0 saturated carbocycles. The summed E-state index contributed by atoms with van der Waals surface area (Å²) < 4.78 is 4.97. The molecule has 1 aromatic rings. The molecule has 1 aromatic carbocycles. The monoisotopic (exact) mass is 248 g/mol. The van der Waals surface area contributed by atoms with Crippen LogP contribution in [0.5, 0.6) is 5.75 Å². The molecular weight excluding hydrogens is 239 g/mol. The van der Waals surface area contributed by atoms with Gasteiger partial charge >= 0.3 is 0 Å². The number of ether oxygens (including phenoxy) is 1. The Morgan fingerprint density at radius 2 is 2.13 bits per heavy atom. The molecule has 0 aliphatic heterocycles. The number of carbonyl (C=O) groups is 1. The van der Waals surface area contributed by atoms with Gasteiger partial charge in [-0.15, -0.1) is 0 Å². The molecule has 0 aromatic heterocycles. The van der Waals surface area contributed by atoms with Crippen molar-refractivity contribution in [1.82, 2.24) is 5.43 Å². The molecule has 15 heavy (non-hydrogen) atoms. The largest absolute Gasteiger partial charge is 0.495 e. The van der Waals surface area contributed by atoms with Gasteiger partial charge < -0.3 is 4.74 Å². The van der Waals surface area contributed by atoms with Crippen LogP contribution < -0.4 is 16.0 Å². The molecule has 4 nitrogen and oxygen atoms in total. The number of methoxy groups -OCH3 is 1. The number of nitrogens with one attached hydrogen (secondary N) is 1. The van der Waals surface area contributed by atoms with Crippen LogP contribution in [0.1, 0.15) is 5.56 Å². The number of nitrogens with two attached hydrogens (primary N) is 1. The summed E-state index contributed by atoms with van der Waals surface area (Å²) >= 11 is 11.9. The molecule has 6 heteroatoms. The Kier molecular flexibility index (Phi) is 4.20. The second-order valence-corrected chi connectivity index (χ2v) is 3.56. The molecular formula is C9H10Cl2N2O2. The summed E-state index contributed by atoms with van der Waals surface area (Å²) in [6.45, 7) is 0. The Hall–Kier alpha value is -0.970. The third-order valence-corrected chi connectivity index (χ3v) is 2.76. The Balaban J connectivity index is 3.01. The van der Waals surface area contributed by atoms with Gasteiger partial charge in [-0.3, -0.25) is 10.2 Å². The van der Waals surface area contributed by atoms with Crippen LogP contribution in [0.2, 0.25) is 10.0 Å². The molecule has 0 heterocycles. The SMILES string of the molecule is COc1ccc(CC(=O)NN)c(Cl)c1Cl. The number of amides is 1. The molecule has 0 unspecified atom stereocenters. The van der Waals surface area contributed by atoms with Gasteiger partial charge in [0, 0.05) is 0 Å². The standard InChI is InChI=1S/C9H10Cl2N2O2/c1-15-6-3-2-5(4-7(14)13-12)8(10)9(6)11/h2-3H,4,12H2,1H3,(H,13,14). The normalized spacial score (nSPS) is 9.87. The summed E-state index contributed by atoms with van der Waals surface area (Å²) in [6.07, 6.45) is 0.0824. The summed E-state index contributed by atoms with van der Waals surface area (Å²) in [5.74, 6) is 5.10. The first-order chi connectivity index (χ1) is 7.10. The maximum absolute atomic E-state index is 11.0. The number of carbonyl (C=O) groups excluding carboxylic acids is 1. The minimum Gasteiger partial charge on any atom is -0.495 e. The Labute approximate surface area is 97.3 Å². The van der Waals surface area contributed by atoms with E-state index in [4.69, 9.17) is 33.8 Å². The van der Waals surface area contributed by atoms with E-state index in [0.29, 0.717) is 21.4 Å². The molecule has 1 rings (SSSR count). The van der Waals surface area contributed by atoms with E-state index in [1.807, 2.05) is 5.43 Å². The van der Waals surface area contributed by atoms with Crippen molar-refractivity contribution < 1.29 is 9.53 Å². The summed E-state index contributed by atoms with van der Waals surface area (Å²) in [5, 5.41) is 0.598. The third-order valence-electron chi connectivity index (χ3n) is 1.86. The lowest BCUT2D eigenvalue weighted by molar-refractivity contribution is -0.120. The molecule has 0 fully saturated rings. The topological polar surface area (TPSA) is 64.3 Å². The van der Waals surface area contributed by atoms with Crippen LogP contribution >= 0.6 is 23.2 Å². The van der Waals surface area contributed by atoms with Crippen LogP contribution in [0.3, 0.4) is 0 Å². The summed E-state index contributed by atoms with van der Waals surface area (Å²) in [5.41, 5.74) is 2.62. The number of hydrogen-bond donors (Lipinski definition) is 2. The summed E-state index contributed by atoms with van der Waals surface area (Å²) in [7, 11) is 1.49.